The SMILES string of the molecule is COc1nc(C2CC2)cc2c1[n+](Cc1ccccc1)c1ccccn21. The Kier molecular flexibility index (Phi) is 3.23. The number of nitrogens with zero attached hydrogens (tertiary/aromatic N) is 3. The Bertz CT molecular complexity index is 1060. The second-order valence-corrected chi connectivity index (χ2v) is 6.70. The van der Waals surface area contributed by atoms with Gasteiger partial charge in [-0.3, -0.25) is 0 Å². The summed E-state index contributed by atoms with van der Waals surface area (Å²) in [6.07, 6.45) is 4.58. The average molecular weight is 330 g/mol. The molecular weight excluding hydrogens is 310 g/mol. The molecule has 124 valence electrons. The van der Waals surface area contributed by atoms with Crippen LogP contribution in [0.25, 0.3) is 16.7 Å². The van der Waals surface area contributed by atoms with E-state index in [1.165, 1.54) is 23.9 Å². The van der Waals surface area contributed by atoms with Crippen LogP contribution in [-0.2, 0) is 6.54 Å². The smallest absolute Gasteiger partial charge is 0.287 e. The first-order valence-corrected chi connectivity index (χ1v) is 8.76. The van der Waals surface area contributed by atoms with Crippen LogP contribution in [0.4, 0.5) is 0 Å². The van der Waals surface area contributed by atoms with Crippen LogP contribution in [0.15, 0.2) is 60.8 Å². The Hall–Kier alpha value is -2.88. The highest BCUT2D eigenvalue weighted by atomic mass is 16.5. The van der Waals surface area contributed by atoms with Gasteiger partial charge in [0.15, 0.2) is 5.52 Å². The Morgan fingerprint density at radius 2 is 1.92 bits per heavy atom. The molecule has 0 atom stereocenters. The van der Waals surface area contributed by atoms with E-state index in [1.807, 2.05) is 6.07 Å². The number of aromatic nitrogens is 3. The van der Waals surface area contributed by atoms with Crippen LogP contribution in [-0.4, -0.2) is 16.5 Å². The van der Waals surface area contributed by atoms with Crippen LogP contribution in [0, 0.1) is 0 Å². The number of benzene rings is 1. The molecule has 0 amide bonds. The van der Waals surface area contributed by atoms with Gasteiger partial charge in [0.1, 0.15) is 6.54 Å². The lowest BCUT2D eigenvalue weighted by Gasteiger charge is -2.05. The molecule has 1 aromatic carbocycles. The van der Waals surface area contributed by atoms with Crippen molar-refractivity contribution >= 4 is 16.7 Å². The van der Waals surface area contributed by atoms with Gasteiger partial charge in [0.05, 0.1) is 19.0 Å². The van der Waals surface area contributed by atoms with Crippen molar-refractivity contribution in [3.63, 3.8) is 0 Å². The Morgan fingerprint density at radius 3 is 2.68 bits per heavy atom. The topological polar surface area (TPSA) is 30.4 Å². The highest BCUT2D eigenvalue weighted by molar-refractivity contribution is 5.80. The molecule has 0 spiro atoms. The number of fused-ring (bicyclic) bond motifs is 3. The summed E-state index contributed by atoms with van der Waals surface area (Å²) in [6.45, 7) is 0.790. The molecule has 3 heterocycles. The molecule has 4 heteroatoms. The van der Waals surface area contributed by atoms with Crippen molar-refractivity contribution in [1.82, 2.24) is 9.38 Å². The molecule has 25 heavy (non-hydrogen) atoms. The Morgan fingerprint density at radius 1 is 1.12 bits per heavy atom. The van der Waals surface area contributed by atoms with Gasteiger partial charge in [-0.2, -0.15) is 4.40 Å². The Balaban J connectivity index is 1.81. The van der Waals surface area contributed by atoms with E-state index in [0.717, 1.165) is 29.3 Å². The van der Waals surface area contributed by atoms with Gasteiger partial charge < -0.3 is 4.74 Å². The summed E-state index contributed by atoms with van der Waals surface area (Å²) in [6, 6.07) is 19.1. The summed E-state index contributed by atoms with van der Waals surface area (Å²) in [5.41, 5.74) is 5.79. The van der Waals surface area contributed by atoms with Crippen LogP contribution in [0.3, 0.4) is 0 Å². The number of rotatable bonds is 4. The molecule has 1 saturated carbocycles. The molecule has 1 aliphatic rings. The fraction of sp³-hybridized carbons (Fsp3) is 0.238. The van der Waals surface area contributed by atoms with Crippen molar-refractivity contribution in [1.29, 1.82) is 0 Å². The number of hydrogen-bond acceptors (Lipinski definition) is 2. The maximum Gasteiger partial charge on any atom is 0.287 e. The standard InChI is InChI=1S/C21H20N3O/c1-25-21-20-18(13-17(22-21)16-10-11-16)23-12-6-5-9-19(23)24(20)14-15-7-3-2-4-8-15/h2-9,12-13,16H,10-11,14H2,1H3/q+1. The van der Waals surface area contributed by atoms with Gasteiger partial charge in [-0.15, -0.1) is 0 Å². The van der Waals surface area contributed by atoms with Gasteiger partial charge in [0, 0.05) is 18.1 Å². The maximum atomic E-state index is 5.71. The number of pyridine rings is 2. The van der Waals surface area contributed by atoms with Crippen LogP contribution >= 0.6 is 0 Å². The van der Waals surface area contributed by atoms with Crippen molar-refractivity contribution in [2.24, 2.45) is 0 Å². The molecule has 0 unspecified atom stereocenters. The minimum atomic E-state index is 0.593. The van der Waals surface area contributed by atoms with Crippen molar-refractivity contribution in [3.8, 4) is 5.88 Å². The fourth-order valence-electron chi connectivity index (χ4n) is 3.59. The fourth-order valence-corrected chi connectivity index (χ4v) is 3.59. The van der Waals surface area contributed by atoms with Crippen LogP contribution in [0.1, 0.15) is 30.0 Å². The number of ether oxygens (including phenoxy) is 1. The van der Waals surface area contributed by atoms with Crippen molar-refractivity contribution in [2.45, 2.75) is 25.3 Å². The van der Waals surface area contributed by atoms with Gasteiger partial charge in [-0.25, -0.2) is 9.55 Å². The molecule has 0 radical (unpaired) electrons. The van der Waals surface area contributed by atoms with Crippen LogP contribution in [0.5, 0.6) is 5.88 Å². The molecule has 1 aliphatic carbocycles. The third-order valence-electron chi connectivity index (χ3n) is 4.98. The molecule has 1 fully saturated rings. The summed E-state index contributed by atoms with van der Waals surface area (Å²) in [4.78, 5) is 4.82. The molecule has 0 aliphatic heterocycles. The normalized spacial score (nSPS) is 14.3. The van der Waals surface area contributed by atoms with E-state index in [-0.39, 0.29) is 0 Å². The van der Waals surface area contributed by atoms with Crippen molar-refractivity contribution in [3.05, 3.63) is 72.1 Å². The molecule has 0 N–H and O–H groups in total. The zero-order chi connectivity index (χ0) is 16.8. The zero-order valence-corrected chi connectivity index (χ0v) is 14.2. The highest BCUT2D eigenvalue weighted by Gasteiger charge is 2.30. The second kappa shape index (κ2) is 5.59. The van der Waals surface area contributed by atoms with E-state index in [4.69, 9.17) is 9.72 Å². The van der Waals surface area contributed by atoms with Crippen LogP contribution in [0.2, 0.25) is 0 Å². The van der Waals surface area contributed by atoms with Crippen molar-refractivity contribution < 1.29 is 9.30 Å². The summed E-state index contributed by atoms with van der Waals surface area (Å²) in [5.74, 6) is 1.31. The van der Waals surface area contributed by atoms with Gasteiger partial charge in [-0.05, 0) is 24.5 Å². The summed E-state index contributed by atoms with van der Waals surface area (Å²) in [7, 11) is 1.72. The lowest BCUT2D eigenvalue weighted by atomic mass is 10.2. The van der Waals surface area contributed by atoms with Crippen LogP contribution < -0.4 is 9.30 Å². The minimum Gasteiger partial charge on any atom is -0.478 e. The zero-order valence-electron chi connectivity index (χ0n) is 14.2. The number of hydrogen-bond donors (Lipinski definition) is 0. The van der Waals surface area contributed by atoms with E-state index in [1.54, 1.807) is 7.11 Å². The molecule has 4 aromatic rings. The average Bonchev–Trinajstić information content (AvgIpc) is 3.47. The summed E-state index contributed by atoms with van der Waals surface area (Å²) in [5, 5.41) is 0. The monoisotopic (exact) mass is 330 g/mol. The second-order valence-electron chi connectivity index (χ2n) is 6.70. The van der Waals surface area contributed by atoms with E-state index < -0.39 is 0 Å². The lowest BCUT2D eigenvalue weighted by molar-refractivity contribution is -0.636. The van der Waals surface area contributed by atoms with Gasteiger partial charge in [0.2, 0.25) is 5.52 Å². The Labute approximate surface area is 146 Å². The quantitative estimate of drug-likeness (QED) is 0.534. The van der Waals surface area contributed by atoms with Gasteiger partial charge in [0.25, 0.3) is 11.5 Å². The largest absolute Gasteiger partial charge is 0.478 e. The molecule has 0 saturated heterocycles. The maximum absolute atomic E-state index is 5.71. The first-order valence-electron chi connectivity index (χ1n) is 8.76. The number of methoxy groups -OCH3 is 1. The first-order chi connectivity index (χ1) is 12.3. The van der Waals surface area contributed by atoms with Crippen molar-refractivity contribution in [2.75, 3.05) is 7.11 Å². The predicted molar refractivity (Wildman–Crippen MR) is 97.0 cm³/mol. The molecular formula is C21H20N3O+. The van der Waals surface area contributed by atoms with E-state index in [0.29, 0.717) is 5.92 Å². The van der Waals surface area contributed by atoms with E-state index in [2.05, 4.69) is 63.7 Å². The lowest BCUT2D eigenvalue weighted by Crippen LogP contribution is -2.34. The van der Waals surface area contributed by atoms with Gasteiger partial charge >= 0.3 is 0 Å². The molecule has 3 aromatic heterocycles. The third-order valence-corrected chi connectivity index (χ3v) is 4.98. The summed E-state index contributed by atoms with van der Waals surface area (Å²) < 4.78 is 10.3. The van der Waals surface area contributed by atoms with Gasteiger partial charge in [-0.1, -0.05) is 36.4 Å². The van der Waals surface area contributed by atoms with E-state index in [9.17, 15) is 0 Å². The predicted octanol–water partition coefficient (Wildman–Crippen LogP) is 3.71. The third kappa shape index (κ3) is 2.37. The highest BCUT2D eigenvalue weighted by Crippen LogP contribution is 2.41. The minimum absolute atomic E-state index is 0.593. The number of imidazole rings is 1. The molecule has 5 rings (SSSR count). The molecule has 4 nitrogen and oxygen atoms in total. The summed E-state index contributed by atoms with van der Waals surface area (Å²) >= 11 is 0. The van der Waals surface area contributed by atoms with E-state index >= 15 is 0 Å². The molecule has 0 bridgehead atoms. The first kappa shape index (κ1) is 14.5.